The molecule has 17 heavy (non-hydrogen) atoms. The van der Waals surface area contributed by atoms with Crippen molar-refractivity contribution in [2.75, 3.05) is 24.9 Å². The molecule has 0 amide bonds. The van der Waals surface area contributed by atoms with Crippen LogP contribution in [0.25, 0.3) is 0 Å². The molecule has 0 aliphatic rings. The number of nitrogens with zero attached hydrogens (tertiary/aromatic N) is 1. The summed E-state index contributed by atoms with van der Waals surface area (Å²) in [5.74, 6) is 0. The summed E-state index contributed by atoms with van der Waals surface area (Å²) in [6, 6.07) is 9.50. The summed E-state index contributed by atoms with van der Waals surface area (Å²) in [7, 11) is -1.70. The van der Waals surface area contributed by atoms with Gasteiger partial charge in [-0.3, -0.25) is 0 Å². The molecule has 0 atom stereocenters. The highest BCUT2D eigenvalue weighted by Crippen LogP contribution is 2.11. The van der Waals surface area contributed by atoms with Crippen molar-refractivity contribution < 1.29 is 13.2 Å². The molecule has 0 saturated heterocycles. The predicted octanol–water partition coefficient (Wildman–Crippen LogP) is 1.82. The van der Waals surface area contributed by atoms with E-state index in [1.165, 1.54) is 4.31 Å². The SMILES string of the molecule is COCCN(Cc1ccccc1)S(=O)(=O)CBr. The van der Waals surface area contributed by atoms with Crippen molar-refractivity contribution >= 4 is 26.0 Å². The number of benzene rings is 1. The van der Waals surface area contributed by atoms with Crippen LogP contribution in [0.15, 0.2) is 30.3 Å². The first kappa shape index (κ1) is 14.6. The second-order valence-electron chi connectivity index (χ2n) is 3.53. The molecule has 0 saturated carbocycles. The quantitative estimate of drug-likeness (QED) is 0.720. The average Bonchev–Trinajstić information content (AvgIpc) is 2.35. The Balaban J connectivity index is 2.78. The Bertz CT molecular complexity index is 422. The molecule has 96 valence electrons. The molecular formula is C11H16BrNO3S. The first-order valence-corrected chi connectivity index (χ1v) is 7.90. The summed E-state index contributed by atoms with van der Waals surface area (Å²) >= 11 is 3.01. The lowest BCUT2D eigenvalue weighted by atomic mass is 10.2. The van der Waals surface area contributed by atoms with E-state index in [9.17, 15) is 8.42 Å². The van der Waals surface area contributed by atoms with Gasteiger partial charge in [0.1, 0.15) is 4.66 Å². The minimum atomic E-state index is -3.26. The highest BCUT2D eigenvalue weighted by Gasteiger charge is 2.20. The van der Waals surface area contributed by atoms with E-state index in [0.29, 0.717) is 19.7 Å². The van der Waals surface area contributed by atoms with Gasteiger partial charge < -0.3 is 4.74 Å². The Labute approximate surface area is 111 Å². The Morgan fingerprint density at radius 1 is 1.29 bits per heavy atom. The first-order valence-electron chi connectivity index (χ1n) is 5.17. The lowest BCUT2D eigenvalue weighted by molar-refractivity contribution is 0.177. The summed E-state index contributed by atoms with van der Waals surface area (Å²) in [6.45, 7) is 1.12. The smallest absolute Gasteiger partial charge is 0.224 e. The largest absolute Gasteiger partial charge is 0.383 e. The van der Waals surface area contributed by atoms with Gasteiger partial charge in [-0.25, -0.2) is 8.42 Å². The van der Waals surface area contributed by atoms with Crippen molar-refractivity contribution in [2.45, 2.75) is 6.54 Å². The van der Waals surface area contributed by atoms with E-state index in [4.69, 9.17) is 4.74 Å². The molecule has 0 aliphatic carbocycles. The number of ether oxygens (including phenoxy) is 1. The zero-order valence-corrected chi connectivity index (χ0v) is 12.1. The van der Waals surface area contributed by atoms with E-state index in [1.807, 2.05) is 30.3 Å². The lowest BCUT2D eigenvalue weighted by Crippen LogP contribution is -2.34. The van der Waals surface area contributed by atoms with Crippen LogP contribution < -0.4 is 0 Å². The molecule has 0 fully saturated rings. The summed E-state index contributed by atoms with van der Waals surface area (Å²) in [6.07, 6.45) is 0. The number of methoxy groups -OCH3 is 1. The highest BCUT2D eigenvalue weighted by atomic mass is 79.9. The van der Waals surface area contributed by atoms with Crippen LogP contribution in [-0.2, 0) is 21.3 Å². The molecule has 0 bridgehead atoms. The summed E-state index contributed by atoms with van der Waals surface area (Å²) in [4.78, 5) is 0. The second kappa shape index (κ2) is 7.10. The van der Waals surface area contributed by atoms with Crippen molar-refractivity contribution in [3.05, 3.63) is 35.9 Å². The molecule has 0 spiro atoms. The fourth-order valence-corrected chi connectivity index (χ4v) is 3.07. The predicted molar refractivity (Wildman–Crippen MR) is 71.4 cm³/mol. The summed E-state index contributed by atoms with van der Waals surface area (Å²) < 4.78 is 29.9. The Hall–Kier alpha value is -0.430. The molecule has 0 aliphatic heterocycles. The Morgan fingerprint density at radius 2 is 1.94 bits per heavy atom. The van der Waals surface area contributed by atoms with Crippen LogP contribution in [0.3, 0.4) is 0 Å². The number of rotatable bonds is 7. The molecule has 1 aromatic carbocycles. The van der Waals surface area contributed by atoms with Gasteiger partial charge in [0.25, 0.3) is 0 Å². The molecular weight excluding hydrogens is 306 g/mol. The van der Waals surface area contributed by atoms with Crippen molar-refractivity contribution in [1.82, 2.24) is 4.31 Å². The third kappa shape index (κ3) is 4.75. The number of sulfonamides is 1. The van der Waals surface area contributed by atoms with Gasteiger partial charge in [0, 0.05) is 20.2 Å². The van der Waals surface area contributed by atoms with Crippen molar-refractivity contribution in [3.63, 3.8) is 0 Å². The van der Waals surface area contributed by atoms with Gasteiger partial charge in [-0.2, -0.15) is 4.31 Å². The highest BCUT2D eigenvalue weighted by molar-refractivity contribution is 9.10. The van der Waals surface area contributed by atoms with Gasteiger partial charge in [0.2, 0.25) is 10.0 Å². The van der Waals surface area contributed by atoms with Crippen LogP contribution in [0.2, 0.25) is 0 Å². The number of halogens is 1. The van der Waals surface area contributed by atoms with Gasteiger partial charge >= 0.3 is 0 Å². The fourth-order valence-electron chi connectivity index (χ4n) is 1.37. The maximum Gasteiger partial charge on any atom is 0.224 e. The minimum absolute atomic E-state index is 0.0729. The van der Waals surface area contributed by atoms with Crippen LogP contribution in [0.1, 0.15) is 5.56 Å². The van der Waals surface area contributed by atoms with E-state index in [2.05, 4.69) is 15.9 Å². The third-order valence-electron chi connectivity index (χ3n) is 2.28. The number of alkyl halides is 1. The lowest BCUT2D eigenvalue weighted by Gasteiger charge is -2.20. The average molecular weight is 322 g/mol. The summed E-state index contributed by atoms with van der Waals surface area (Å²) in [5, 5.41) is 0. The maximum atomic E-state index is 11.8. The van der Waals surface area contributed by atoms with Crippen LogP contribution >= 0.6 is 15.9 Å². The zero-order chi connectivity index (χ0) is 12.7. The molecule has 6 heteroatoms. The van der Waals surface area contributed by atoms with E-state index in [-0.39, 0.29) is 4.66 Å². The molecule has 1 aromatic rings. The molecule has 0 radical (unpaired) electrons. The summed E-state index contributed by atoms with van der Waals surface area (Å²) in [5.41, 5.74) is 0.966. The monoisotopic (exact) mass is 321 g/mol. The van der Waals surface area contributed by atoms with Crippen LogP contribution in [-0.4, -0.2) is 37.6 Å². The van der Waals surface area contributed by atoms with Gasteiger partial charge in [-0.1, -0.05) is 46.3 Å². The topological polar surface area (TPSA) is 46.6 Å². The van der Waals surface area contributed by atoms with Gasteiger partial charge in [0.15, 0.2) is 0 Å². The maximum absolute atomic E-state index is 11.8. The van der Waals surface area contributed by atoms with Crippen molar-refractivity contribution in [2.24, 2.45) is 0 Å². The first-order chi connectivity index (χ1) is 8.10. The van der Waals surface area contributed by atoms with E-state index < -0.39 is 10.0 Å². The standard InChI is InChI=1S/C11H16BrNO3S/c1-16-8-7-13(17(14,15)10-12)9-11-5-3-2-4-6-11/h2-6H,7-10H2,1H3. The van der Waals surface area contributed by atoms with Crippen LogP contribution in [0.4, 0.5) is 0 Å². The molecule has 0 aromatic heterocycles. The van der Waals surface area contributed by atoms with E-state index >= 15 is 0 Å². The van der Waals surface area contributed by atoms with Gasteiger partial charge in [-0.05, 0) is 5.56 Å². The zero-order valence-electron chi connectivity index (χ0n) is 9.67. The number of hydrogen-bond donors (Lipinski definition) is 0. The normalized spacial score (nSPS) is 11.9. The molecule has 4 nitrogen and oxygen atoms in total. The Morgan fingerprint density at radius 3 is 2.47 bits per heavy atom. The molecule has 1 rings (SSSR count). The minimum Gasteiger partial charge on any atom is -0.383 e. The van der Waals surface area contributed by atoms with Gasteiger partial charge in [0.05, 0.1) is 6.61 Å². The van der Waals surface area contributed by atoms with E-state index in [1.54, 1.807) is 7.11 Å². The number of hydrogen-bond acceptors (Lipinski definition) is 3. The Kier molecular flexibility index (Phi) is 6.11. The van der Waals surface area contributed by atoms with Gasteiger partial charge in [-0.15, -0.1) is 0 Å². The molecule has 0 N–H and O–H groups in total. The van der Waals surface area contributed by atoms with Crippen molar-refractivity contribution in [3.8, 4) is 0 Å². The second-order valence-corrected chi connectivity index (χ2v) is 6.80. The molecule has 0 heterocycles. The third-order valence-corrected chi connectivity index (χ3v) is 5.39. The van der Waals surface area contributed by atoms with Crippen LogP contribution in [0, 0.1) is 0 Å². The van der Waals surface area contributed by atoms with Crippen LogP contribution in [0.5, 0.6) is 0 Å². The molecule has 0 unspecified atom stereocenters. The van der Waals surface area contributed by atoms with Crippen molar-refractivity contribution in [1.29, 1.82) is 0 Å². The van der Waals surface area contributed by atoms with E-state index in [0.717, 1.165) is 5.56 Å². The fraction of sp³-hybridized carbons (Fsp3) is 0.455.